The van der Waals surface area contributed by atoms with Gasteiger partial charge < -0.3 is 0 Å². The number of hydrogen-bond acceptors (Lipinski definition) is 2. The van der Waals surface area contributed by atoms with Crippen LogP contribution in [0.2, 0.25) is 0 Å². The van der Waals surface area contributed by atoms with Crippen LogP contribution in [-0.4, -0.2) is 20.1 Å². The van der Waals surface area contributed by atoms with E-state index in [1.807, 2.05) is 0 Å². The van der Waals surface area contributed by atoms with Crippen molar-refractivity contribution in [3.8, 4) is 0 Å². The summed E-state index contributed by atoms with van der Waals surface area (Å²) in [7, 11) is -3.53. The van der Waals surface area contributed by atoms with Gasteiger partial charge in [0, 0.05) is 11.9 Å². The van der Waals surface area contributed by atoms with Crippen molar-refractivity contribution in [2.45, 2.75) is 12.8 Å². The lowest BCUT2D eigenvalue weighted by atomic mass is 10.3. The molecule has 0 unspecified atom stereocenters. The van der Waals surface area contributed by atoms with E-state index in [2.05, 4.69) is 4.72 Å². The van der Waals surface area contributed by atoms with E-state index in [1.165, 1.54) is 0 Å². The summed E-state index contributed by atoms with van der Waals surface area (Å²) < 4.78 is 50.6. The predicted octanol–water partition coefficient (Wildman–Crippen LogP) is 2.73. The van der Waals surface area contributed by atoms with E-state index in [1.54, 1.807) is 0 Å². The molecule has 1 aromatic carbocycles. The Morgan fingerprint density at radius 3 is 2.47 bits per heavy atom. The van der Waals surface area contributed by atoms with Crippen LogP contribution < -0.4 is 4.72 Å². The Hall–Kier alpha value is -0.880. The number of hydrogen-bond donors (Lipinski definition) is 1. The lowest BCUT2D eigenvalue weighted by Crippen LogP contribution is -2.17. The van der Waals surface area contributed by atoms with Crippen molar-refractivity contribution in [2.24, 2.45) is 0 Å². The standard InChI is InChI=1S/C10H12ClF2NO2S/c11-5-1-2-6-17(15,16)14-8-3-4-9(12)10(13)7-8/h3-4,7,14H,1-2,5-6H2. The lowest BCUT2D eigenvalue weighted by molar-refractivity contribution is 0.509. The molecule has 0 aliphatic heterocycles. The third kappa shape index (κ3) is 4.87. The molecule has 0 bridgehead atoms. The highest BCUT2D eigenvalue weighted by Gasteiger charge is 2.11. The second-order valence-corrected chi connectivity index (χ2v) is 5.67. The van der Waals surface area contributed by atoms with Gasteiger partial charge in [-0.05, 0) is 25.0 Å². The molecule has 3 nitrogen and oxygen atoms in total. The minimum atomic E-state index is -3.53. The van der Waals surface area contributed by atoms with Crippen molar-refractivity contribution in [1.29, 1.82) is 0 Å². The molecule has 1 aromatic rings. The van der Waals surface area contributed by atoms with Gasteiger partial charge in [0.2, 0.25) is 10.0 Å². The molecule has 7 heteroatoms. The smallest absolute Gasteiger partial charge is 0.232 e. The van der Waals surface area contributed by atoms with Crippen molar-refractivity contribution in [2.75, 3.05) is 16.4 Å². The highest BCUT2D eigenvalue weighted by atomic mass is 35.5. The summed E-state index contributed by atoms with van der Waals surface area (Å²) in [5, 5.41) is 0. The van der Waals surface area contributed by atoms with Gasteiger partial charge in [0.15, 0.2) is 11.6 Å². The average molecular weight is 284 g/mol. The van der Waals surface area contributed by atoms with Crippen LogP contribution in [-0.2, 0) is 10.0 Å². The molecule has 0 spiro atoms. The SMILES string of the molecule is O=S(=O)(CCCCCl)Nc1ccc(F)c(F)c1. The van der Waals surface area contributed by atoms with Gasteiger partial charge in [-0.1, -0.05) is 0 Å². The average Bonchev–Trinajstić information content (AvgIpc) is 2.23. The van der Waals surface area contributed by atoms with Crippen molar-refractivity contribution in [1.82, 2.24) is 0 Å². The van der Waals surface area contributed by atoms with Crippen molar-refractivity contribution in [3.05, 3.63) is 29.8 Å². The van der Waals surface area contributed by atoms with Crippen LogP contribution in [0.1, 0.15) is 12.8 Å². The maximum atomic E-state index is 12.8. The van der Waals surface area contributed by atoms with Crippen LogP contribution in [0.5, 0.6) is 0 Å². The Bertz CT molecular complexity index is 479. The summed E-state index contributed by atoms with van der Waals surface area (Å²) in [6.45, 7) is 0. The molecule has 0 atom stereocenters. The molecule has 0 aliphatic rings. The van der Waals surface area contributed by atoms with Crippen molar-refractivity contribution < 1.29 is 17.2 Å². The summed E-state index contributed by atoms with van der Waals surface area (Å²) in [5.41, 5.74) is 0.00905. The van der Waals surface area contributed by atoms with Crippen LogP contribution in [0.4, 0.5) is 14.5 Å². The Morgan fingerprint density at radius 1 is 1.18 bits per heavy atom. The molecule has 0 saturated carbocycles. The minimum absolute atomic E-state index is 0.00905. The van der Waals surface area contributed by atoms with Crippen molar-refractivity contribution in [3.63, 3.8) is 0 Å². The first-order valence-corrected chi connectivity index (χ1v) is 7.15. The van der Waals surface area contributed by atoms with Crippen molar-refractivity contribution >= 4 is 27.3 Å². The van der Waals surface area contributed by atoms with Gasteiger partial charge in [0.25, 0.3) is 0 Å². The molecule has 0 aromatic heterocycles. The molecule has 17 heavy (non-hydrogen) atoms. The molecule has 1 rings (SSSR count). The summed E-state index contributed by atoms with van der Waals surface area (Å²) in [6.07, 6.45) is 1.00. The number of halogens is 3. The number of unbranched alkanes of at least 4 members (excludes halogenated alkanes) is 1. The Balaban J connectivity index is 2.66. The third-order valence-electron chi connectivity index (χ3n) is 1.99. The summed E-state index contributed by atoms with van der Waals surface area (Å²) in [4.78, 5) is 0. The number of anilines is 1. The second-order valence-electron chi connectivity index (χ2n) is 3.45. The first-order chi connectivity index (χ1) is 7.94. The summed E-state index contributed by atoms with van der Waals surface area (Å²) in [6, 6.07) is 2.83. The maximum Gasteiger partial charge on any atom is 0.232 e. The Morgan fingerprint density at radius 2 is 1.88 bits per heavy atom. The monoisotopic (exact) mass is 283 g/mol. The topological polar surface area (TPSA) is 46.2 Å². The van der Waals surface area contributed by atoms with Gasteiger partial charge in [-0.15, -0.1) is 11.6 Å². The van der Waals surface area contributed by atoms with Gasteiger partial charge in [-0.25, -0.2) is 17.2 Å². The van der Waals surface area contributed by atoms with Crippen LogP contribution in [0.15, 0.2) is 18.2 Å². The minimum Gasteiger partial charge on any atom is -0.283 e. The van der Waals surface area contributed by atoms with E-state index in [9.17, 15) is 17.2 Å². The third-order valence-corrected chi connectivity index (χ3v) is 3.63. The molecule has 0 saturated heterocycles. The van der Waals surface area contributed by atoms with Crippen LogP contribution in [0.25, 0.3) is 0 Å². The fourth-order valence-electron chi connectivity index (χ4n) is 1.18. The summed E-state index contributed by atoms with van der Waals surface area (Å²) >= 11 is 5.42. The van der Waals surface area contributed by atoms with Gasteiger partial charge >= 0.3 is 0 Å². The Labute approximate surface area is 104 Å². The fourth-order valence-corrected chi connectivity index (χ4v) is 2.54. The van der Waals surface area contributed by atoms with Gasteiger partial charge in [0.05, 0.1) is 11.4 Å². The van der Waals surface area contributed by atoms with Crippen LogP contribution >= 0.6 is 11.6 Å². The Kier molecular flexibility index (Phi) is 5.14. The van der Waals surface area contributed by atoms with E-state index in [0.717, 1.165) is 18.2 Å². The second kappa shape index (κ2) is 6.16. The molecule has 0 amide bonds. The highest BCUT2D eigenvalue weighted by Crippen LogP contribution is 2.15. The molecule has 0 heterocycles. The van der Waals surface area contributed by atoms with E-state index in [4.69, 9.17) is 11.6 Å². The van der Waals surface area contributed by atoms with E-state index in [-0.39, 0.29) is 11.4 Å². The van der Waals surface area contributed by atoms with E-state index in [0.29, 0.717) is 18.7 Å². The number of sulfonamides is 1. The zero-order chi connectivity index (χ0) is 12.9. The quantitative estimate of drug-likeness (QED) is 0.644. The lowest BCUT2D eigenvalue weighted by Gasteiger charge is -2.07. The predicted molar refractivity (Wildman–Crippen MR) is 63.7 cm³/mol. The summed E-state index contributed by atoms with van der Waals surface area (Å²) in [5.74, 6) is -1.82. The number of alkyl halides is 1. The van der Waals surface area contributed by atoms with Gasteiger partial charge in [-0.3, -0.25) is 4.72 Å². The zero-order valence-electron chi connectivity index (χ0n) is 8.92. The molecule has 0 radical (unpaired) electrons. The van der Waals surface area contributed by atoms with Crippen LogP contribution in [0, 0.1) is 11.6 Å². The molecule has 0 fully saturated rings. The first kappa shape index (κ1) is 14.2. The zero-order valence-corrected chi connectivity index (χ0v) is 10.5. The molecular weight excluding hydrogens is 272 g/mol. The largest absolute Gasteiger partial charge is 0.283 e. The molecule has 0 aliphatic carbocycles. The molecular formula is C10H12ClF2NO2S. The highest BCUT2D eigenvalue weighted by molar-refractivity contribution is 7.92. The van der Waals surface area contributed by atoms with Gasteiger partial charge in [-0.2, -0.15) is 0 Å². The first-order valence-electron chi connectivity index (χ1n) is 4.96. The van der Waals surface area contributed by atoms with E-state index >= 15 is 0 Å². The number of rotatable bonds is 6. The van der Waals surface area contributed by atoms with Gasteiger partial charge in [0.1, 0.15) is 0 Å². The molecule has 1 N–H and O–H groups in total. The molecule has 96 valence electrons. The fraction of sp³-hybridized carbons (Fsp3) is 0.400. The number of benzene rings is 1. The normalized spacial score (nSPS) is 11.5. The van der Waals surface area contributed by atoms with E-state index < -0.39 is 21.7 Å². The maximum absolute atomic E-state index is 12.8. The van der Waals surface area contributed by atoms with Crippen LogP contribution in [0.3, 0.4) is 0 Å². The number of nitrogens with one attached hydrogen (secondary N) is 1.